The minimum absolute atomic E-state index is 0.00493. The Balaban J connectivity index is 3.31. The van der Waals surface area contributed by atoms with Gasteiger partial charge in [0.05, 0.1) is 0 Å². The van der Waals surface area contributed by atoms with Crippen LogP contribution in [0.5, 0.6) is 0 Å². The Morgan fingerprint density at radius 2 is 1.89 bits per heavy atom. The fraction of sp³-hybridized carbons (Fsp3) is 0.538. The molecule has 18 heavy (non-hydrogen) atoms. The van der Waals surface area contributed by atoms with Crippen LogP contribution in [0.15, 0.2) is 24.3 Å². The molecule has 0 saturated carbocycles. The number of sulfone groups is 1. The number of aryl methyl sites for hydroxylation is 1. The maximum atomic E-state index is 12.2. The van der Waals surface area contributed by atoms with Gasteiger partial charge in [-0.1, -0.05) is 54.0 Å². The smallest absolute Gasteiger partial charge is 0.168 e. The van der Waals surface area contributed by atoms with E-state index in [0.717, 1.165) is 5.56 Å². The summed E-state index contributed by atoms with van der Waals surface area (Å²) in [5.41, 5.74) is 1.53. The predicted octanol–water partition coefficient (Wildman–Crippen LogP) is 2.96. The Hall–Kier alpha value is -0.390. The van der Waals surface area contributed by atoms with E-state index in [2.05, 4.69) is 15.9 Å². The van der Waals surface area contributed by atoms with Crippen LogP contribution in [-0.4, -0.2) is 22.9 Å². The Morgan fingerprint density at radius 1 is 1.33 bits per heavy atom. The lowest BCUT2D eigenvalue weighted by Crippen LogP contribution is -2.39. The second-order valence-corrected chi connectivity index (χ2v) is 8.78. The van der Waals surface area contributed by atoms with Gasteiger partial charge in [-0.3, -0.25) is 0 Å². The van der Waals surface area contributed by atoms with E-state index in [1.165, 1.54) is 0 Å². The third-order valence-electron chi connectivity index (χ3n) is 3.27. The molecular weight excluding hydrogens is 316 g/mol. The second kappa shape index (κ2) is 5.72. The highest BCUT2D eigenvalue weighted by Gasteiger charge is 2.46. The van der Waals surface area contributed by atoms with Gasteiger partial charge >= 0.3 is 0 Å². The van der Waals surface area contributed by atoms with Crippen molar-refractivity contribution in [2.24, 2.45) is 0 Å². The number of hydrogen-bond acceptors (Lipinski definition) is 3. The molecule has 2 atom stereocenters. The Kier molecular flexibility index (Phi) is 4.98. The van der Waals surface area contributed by atoms with Gasteiger partial charge in [0.1, 0.15) is 6.10 Å². The first-order valence-corrected chi connectivity index (χ1v) is 8.39. The quantitative estimate of drug-likeness (QED) is 0.842. The first kappa shape index (κ1) is 15.7. The second-order valence-electron chi connectivity index (χ2n) is 4.30. The van der Waals surface area contributed by atoms with Gasteiger partial charge in [0, 0.05) is 5.75 Å². The van der Waals surface area contributed by atoms with Crippen LogP contribution in [-0.2, 0) is 9.84 Å². The third kappa shape index (κ3) is 2.63. The topological polar surface area (TPSA) is 54.4 Å². The minimum atomic E-state index is -3.41. The number of benzene rings is 1. The van der Waals surface area contributed by atoms with Crippen molar-refractivity contribution in [1.29, 1.82) is 0 Å². The maximum Gasteiger partial charge on any atom is 0.168 e. The number of halogens is 1. The van der Waals surface area contributed by atoms with Gasteiger partial charge in [0.15, 0.2) is 13.5 Å². The standard InChI is InChI=1S/C13H19BrO3S/c1-4-13(14,18(16,17)5-2)12(15)11-9-7-6-8-10(11)3/h6-9,12,15H,4-5H2,1-3H3. The number of hydrogen-bond donors (Lipinski definition) is 1. The molecule has 0 heterocycles. The highest BCUT2D eigenvalue weighted by Crippen LogP contribution is 2.42. The van der Waals surface area contributed by atoms with Gasteiger partial charge in [0.25, 0.3) is 0 Å². The molecule has 0 amide bonds. The van der Waals surface area contributed by atoms with Gasteiger partial charge in [-0.25, -0.2) is 8.42 Å². The van der Waals surface area contributed by atoms with E-state index in [4.69, 9.17) is 0 Å². The van der Waals surface area contributed by atoms with Crippen molar-refractivity contribution >= 4 is 25.8 Å². The van der Waals surface area contributed by atoms with Crippen LogP contribution in [0.2, 0.25) is 0 Å². The molecule has 1 aromatic rings. The largest absolute Gasteiger partial charge is 0.386 e. The van der Waals surface area contributed by atoms with Crippen LogP contribution in [0.3, 0.4) is 0 Å². The van der Waals surface area contributed by atoms with E-state index < -0.39 is 19.6 Å². The van der Waals surface area contributed by atoms with Crippen LogP contribution in [0, 0.1) is 6.92 Å². The summed E-state index contributed by atoms with van der Waals surface area (Å²) in [5.74, 6) is -0.00493. The van der Waals surface area contributed by atoms with Gasteiger partial charge in [-0.05, 0) is 24.5 Å². The number of aliphatic hydroxyl groups is 1. The van der Waals surface area contributed by atoms with Gasteiger partial charge in [-0.2, -0.15) is 0 Å². The molecule has 0 bridgehead atoms. The van der Waals surface area contributed by atoms with Crippen molar-refractivity contribution in [2.45, 2.75) is 37.0 Å². The summed E-state index contributed by atoms with van der Waals surface area (Å²) in [4.78, 5) is 0. The summed E-state index contributed by atoms with van der Waals surface area (Å²) in [6.07, 6.45) is -0.771. The Bertz CT molecular complexity index is 513. The van der Waals surface area contributed by atoms with Crippen molar-refractivity contribution in [2.75, 3.05) is 5.75 Å². The fourth-order valence-corrected chi connectivity index (χ4v) is 4.27. The molecule has 1 N–H and O–H groups in total. The fourth-order valence-electron chi connectivity index (χ4n) is 1.95. The molecule has 0 saturated heterocycles. The van der Waals surface area contributed by atoms with E-state index in [-0.39, 0.29) is 5.75 Å². The summed E-state index contributed by atoms with van der Waals surface area (Å²) in [6.45, 7) is 5.20. The molecule has 1 aromatic carbocycles. The average molecular weight is 335 g/mol. The molecule has 3 nitrogen and oxygen atoms in total. The van der Waals surface area contributed by atoms with Crippen LogP contribution < -0.4 is 0 Å². The molecule has 0 spiro atoms. The molecule has 0 aliphatic heterocycles. The van der Waals surface area contributed by atoms with E-state index in [1.54, 1.807) is 26.0 Å². The molecular formula is C13H19BrO3S. The SMILES string of the molecule is CCC(Br)(C(O)c1ccccc1C)S(=O)(=O)CC. The molecule has 5 heteroatoms. The zero-order chi connectivity index (χ0) is 14.0. The Morgan fingerprint density at radius 3 is 2.33 bits per heavy atom. The average Bonchev–Trinajstić information content (AvgIpc) is 2.37. The zero-order valence-corrected chi connectivity index (χ0v) is 13.3. The summed E-state index contributed by atoms with van der Waals surface area (Å²) in [7, 11) is -3.41. The van der Waals surface area contributed by atoms with Crippen LogP contribution in [0.25, 0.3) is 0 Å². The highest BCUT2D eigenvalue weighted by molar-refractivity contribution is 9.11. The normalized spacial score (nSPS) is 17.2. The van der Waals surface area contributed by atoms with Gasteiger partial charge in [-0.15, -0.1) is 0 Å². The van der Waals surface area contributed by atoms with Crippen LogP contribution in [0.4, 0.5) is 0 Å². The van der Waals surface area contributed by atoms with Gasteiger partial charge < -0.3 is 5.11 Å². The molecule has 102 valence electrons. The molecule has 0 aliphatic rings. The first-order valence-electron chi connectivity index (χ1n) is 5.95. The lowest BCUT2D eigenvalue weighted by atomic mass is 10.00. The van der Waals surface area contributed by atoms with Crippen LogP contribution >= 0.6 is 15.9 Å². The molecule has 2 unspecified atom stereocenters. The highest BCUT2D eigenvalue weighted by atomic mass is 79.9. The monoisotopic (exact) mass is 334 g/mol. The Labute approximate surface area is 117 Å². The van der Waals surface area contributed by atoms with Crippen molar-refractivity contribution in [3.8, 4) is 0 Å². The predicted molar refractivity (Wildman–Crippen MR) is 77.5 cm³/mol. The van der Waals surface area contributed by atoms with Crippen LogP contribution in [0.1, 0.15) is 37.5 Å². The third-order valence-corrected chi connectivity index (χ3v) is 8.05. The van der Waals surface area contributed by atoms with Crippen molar-refractivity contribution in [3.63, 3.8) is 0 Å². The molecule has 0 aromatic heterocycles. The number of alkyl halides is 1. The van der Waals surface area contributed by atoms with E-state index >= 15 is 0 Å². The summed E-state index contributed by atoms with van der Waals surface area (Å²) >= 11 is 3.26. The molecule has 0 fully saturated rings. The summed E-state index contributed by atoms with van der Waals surface area (Å²) in [5, 5.41) is 10.5. The van der Waals surface area contributed by atoms with Gasteiger partial charge in [0.2, 0.25) is 0 Å². The van der Waals surface area contributed by atoms with Crippen molar-refractivity contribution in [1.82, 2.24) is 0 Å². The summed E-state index contributed by atoms with van der Waals surface area (Å²) < 4.78 is 23.0. The number of aliphatic hydroxyl groups excluding tert-OH is 1. The summed E-state index contributed by atoms with van der Waals surface area (Å²) in [6, 6.07) is 7.28. The molecule has 1 rings (SSSR count). The lowest BCUT2D eigenvalue weighted by molar-refractivity contribution is 0.159. The molecule has 0 radical (unpaired) electrons. The zero-order valence-electron chi connectivity index (χ0n) is 10.9. The number of rotatable bonds is 5. The lowest BCUT2D eigenvalue weighted by Gasteiger charge is -2.31. The van der Waals surface area contributed by atoms with Crippen molar-refractivity contribution in [3.05, 3.63) is 35.4 Å². The van der Waals surface area contributed by atoms with E-state index in [0.29, 0.717) is 12.0 Å². The minimum Gasteiger partial charge on any atom is -0.386 e. The maximum absolute atomic E-state index is 12.2. The molecule has 0 aliphatic carbocycles. The van der Waals surface area contributed by atoms with Crippen molar-refractivity contribution < 1.29 is 13.5 Å². The van der Waals surface area contributed by atoms with E-state index in [9.17, 15) is 13.5 Å². The first-order chi connectivity index (χ1) is 8.30. The van der Waals surface area contributed by atoms with E-state index in [1.807, 2.05) is 19.1 Å².